The molecule has 17 heteroatoms. The van der Waals surface area contributed by atoms with Crippen molar-refractivity contribution in [1.29, 1.82) is 0 Å². The molecule has 0 fully saturated rings. The third-order valence-corrected chi connectivity index (χ3v) is 9.02. The van der Waals surface area contributed by atoms with Crippen LogP contribution >= 0.6 is 0 Å². The first-order valence-corrected chi connectivity index (χ1v) is 20.8. The van der Waals surface area contributed by atoms with Gasteiger partial charge in [-0.3, -0.25) is 9.59 Å². The van der Waals surface area contributed by atoms with Gasteiger partial charge < -0.3 is 48.9 Å². The van der Waals surface area contributed by atoms with Gasteiger partial charge in [-0.1, -0.05) is 31.5 Å². The Morgan fingerprint density at radius 1 is 0.696 bits per heavy atom. The highest BCUT2D eigenvalue weighted by molar-refractivity contribution is 6.83. The third-order valence-electron chi connectivity index (χ3n) is 8.15. The van der Waals surface area contributed by atoms with Crippen LogP contribution in [0, 0.1) is 23.8 Å². The Morgan fingerprint density at radius 3 is 1.45 bits per heavy atom. The van der Waals surface area contributed by atoms with E-state index < -0.39 is 43.4 Å². The van der Waals surface area contributed by atoms with Crippen molar-refractivity contribution < 1.29 is 57.2 Å². The van der Waals surface area contributed by atoms with Crippen molar-refractivity contribution in [3.63, 3.8) is 0 Å². The van der Waals surface area contributed by atoms with Crippen molar-refractivity contribution in [3.8, 4) is 35.3 Å². The van der Waals surface area contributed by atoms with E-state index in [1.807, 2.05) is 0 Å². The molecule has 56 heavy (non-hydrogen) atoms. The fourth-order valence-electron chi connectivity index (χ4n) is 5.39. The van der Waals surface area contributed by atoms with E-state index in [9.17, 15) is 28.8 Å². The van der Waals surface area contributed by atoms with Gasteiger partial charge in [0.2, 0.25) is 0 Å². The van der Waals surface area contributed by atoms with Crippen LogP contribution in [0.1, 0.15) is 59.5 Å². The van der Waals surface area contributed by atoms with Crippen LogP contribution in [-0.2, 0) is 28.5 Å². The Hall–Kier alpha value is -6.20. The average Bonchev–Trinajstić information content (AvgIpc) is 3.15. The van der Waals surface area contributed by atoms with Gasteiger partial charge >= 0.3 is 24.1 Å². The van der Waals surface area contributed by atoms with E-state index in [0.29, 0.717) is 34.0 Å². The Morgan fingerprint density at radius 2 is 1.09 bits per heavy atom. The number of amides is 4. The van der Waals surface area contributed by atoms with Gasteiger partial charge in [-0.15, -0.1) is 12.0 Å². The fraction of sp³-hybridized carbons (Fsp3) is 0.436. The van der Waals surface area contributed by atoms with Crippen LogP contribution in [0.2, 0.25) is 19.6 Å². The summed E-state index contributed by atoms with van der Waals surface area (Å²) in [6.45, 7) is 13.5. The number of hydrogen-bond donors (Lipinski definition) is 2. The lowest BCUT2D eigenvalue weighted by Gasteiger charge is -2.39. The first-order valence-electron chi connectivity index (χ1n) is 17.3. The van der Waals surface area contributed by atoms with E-state index in [1.165, 1.54) is 50.4 Å². The topological polar surface area (TPSA) is 188 Å². The number of carbonyl (C=O) groups is 6. The minimum Gasteiger partial charge on any atom is -0.476 e. The lowest BCUT2D eigenvalue weighted by molar-refractivity contribution is -0.133. The van der Waals surface area contributed by atoms with Crippen molar-refractivity contribution in [2.45, 2.75) is 58.5 Å². The summed E-state index contributed by atoms with van der Waals surface area (Å²) >= 11 is 0. The minimum atomic E-state index is -1.70. The van der Waals surface area contributed by atoms with Gasteiger partial charge in [0.1, 0.15) is 19.6 Å². The molecule has 2 N–H and O–H groups in total. The van der Waals surface area contributed by atoms with Crippen molar-refractivity contribution >= 4 is 55.4 Å². The molecule has 0 unspecified atom stereocenters. The van der Waals surface area contributed by atoms with Gasteiger partial charge in [-0.2, -0.15) is 0 Å². The van der Waals surface area contributed by atoms with Crippen molar-refractivity contribution in [3.05, 3.63) is 46.5 Å². The summed E-state index contributed by atoms with van der Waals surface area (Å²) in [5.41, 5.74) is 2.98. The molecular formula is C39H48N4O12Si. The average molecular weight is 793 g/mol. The second-order valence-corrected chi connectivity index (χ2v) is 19.1. The number of hydrogen-bond acceptors (Lipinski definition) is 12. The first kappa shape index (κ1) is 44.2. The number of terminal acetylenes is 1. The summed E-state index contributed by atoms with van der Waals surface area (Å²) in [6.07, 6.45) is 4.28. The molecule has 4 amide bonds. The van der Waals surface area contributed by atoms with Gasteiger partial charge in [0.25, 0.3) is 11.8 Å². The second-order valence-electron chi connectivity index (χ2n) is 14.3. The molecule has 2 aliphatic rings. The molecule has 2 aliphatic heterocycles. The van der Waals surface area contributed by atoms with E-state index in [4.69, 9.17) is 25.4 Å². The van der Waals surface area contributed by atoms with Gasteiger partial charge in [0.15, 0.2) is 11.2 Å². The van der Waals surface area contributed by atoms with Crippen LogP contribution in [0.3, 0.4) is 0 Å². The molecule has 0 radical (unpaired) electrons. The highest BCUT2D eigenvalue weighted by Crippen LogP contribution is 2.41. The zero-order chi connectivity index (χ0) is 42.2. The molecule has 4 rings (SSSR count). The molecule has 300 valence electrons. The number of nitrogens with one attached hydrogen (secondary N) is 2. The number of benzene rings is 2. The number of carbonyl (C=O) groups excluding carboxylic acids is 6. The van der Waals surface area contributed by atoms with Gasteiger partial charge in [-0.25, -0.2) is 19.2 Å². The van der Waals surface area contributed by atoms with Crippen LogP contribution < -0.4 is 29.9 Å². The van der Waals surface area contributed by atoms with Crippen molar-refractivity contribution in [2.75, 3.05) is 64.4 Å². The van der Waals surface area contributed by atoms with E-state index >= 15 is 0 Å². The normalized spacial score (nSPS) is 14.6. The monoisotopic (exact) mass is 792 g/mol. The smallest absolute Gasteiger partial charge is 0.406 e. The Labute approximate surface area is 327 Å². The molecule has 0 spiro atoms. The van der Waals surface area contributed by atoms with Crippen LogP contribution in [-0.4, -0.2) is 110 Å². The lowest BCUT2D eigenvalue weighted by Crippen LogP contribution is -2.54. The van der Waals surface area contributed by atoms with E-state index in [1.54, 1.807) is 39.8 Å². The minimum absolute atomic E-state index is 0.149. The van der Waals surface area contributed by atoms with E-state index in [0.717, 1.165) is 0 Å². The highest BCUT2D eigenvalue weighted by atomic mass is 28.3. The number of ether oxygens (including phenoxy) is 6. The van der Waals surface area contributed by atoms with Gasteiger partial charge in [0, 0.05) is 37.3 Å². The molecule has 0 aliphatic carbocycles. The maximum Gasteiger partial charge on any atom is 0.406 e. The quantitative estimate of drug-likeness (QED) is 0.170. The SMILES string of the molecule is C#Cc1cc2c(cc1C(=O)OC)N(CCNC(=O)OC)C(=O)C(C)(C)O2.COC(=O)NCCN1C(=O)C(C)(C)Oc2cc(C#C[Si](C)(C)C)c(C(=O)OC)cc21. The van der Waals surface area contributed by atoms with Crippen LogP contribution in [0.5, 0.6) is 11.5 Å². The third kappa shape index (κ3) is 10.5. The number of alkyl carbamates (subject to hydrolysis) is 2. The molecule has 0 bridgehead atoms. The summed E-state index contributed by atoms with van der Waals surface area (Å²) in [6, 6.07) is 6.21. The maximum absolute atomic E-state index is 13.0. The standard InChI is InChI=1S/C21H28N2O6Si.C18H20N2O6/c1-21(2)19(25)23(10-9-22-20(26)28-4)16-13-15(18(24)27-3)14(12-17(16)29-21)8-11-30(5,6)7;1-6-11-9-14-13(10-12(11)15(21)24-4)20(8-7-19-17(23)25-5)16(22)18(2,3)26-14/h12-13H,9-10H2,1-7H3,(H,22,26);1,9-10H,7-8H2,2-5H3,(H,19,23). The number of nitrogens with zero attached hydrogens (tertiary/aromatic N) is 2. The summed E-state index contributed by atoms with van der Waals surface area (Å²) in [5.74, 6) is 4.53. The fourth-order valence-corrected chi connectivity index (χ4v) is 5.90. The Balaban J connectivity index is 0.000000303. The lowest BCUT2D eigenvalue weighted by atomic mass is 10.00. The zero-order valence-corrected chi connectivity index (χ0v) is 34.5. The van der Waals surface area contributed by atoms with Crippen molar-refractivity contribution in [2.24, 2.45) is 0 Å². The summed E-state index contributed by atoms with van der Waals surface area (Å²) < 4.78 is 30.4. The largest absolute Gasteiger partial charge is 0.476 e. The summed E-state index contributed by atoms with van der Waals surface area (Å²) in [4.78, 5) is 75.6. The molecule has 0 atom stereocenters. The number of fused-ring (bicyclic) bond motifs is 2. The predicted molar refractivity (Wildman–Crippen MR) is 209 cm³/mol. The molecule has 0 saturated carbocycles. The first-order chi connectivity index (χ1) is 26.1. The zero-order valence-electron chi connectivity index (χ0n) is 33.5. The van der Waals surface area contributed by atoms with Crippen molar-refractivity contribution in [1.82, 2.24) is 10.6 Å². The molecule has 16 nitrogen and oxygen atoms in total. The Kier molecular flexibility index (Phi) is 14.2. The van der Waals surface area contributed by atoms with E-state index in [2.05, 4.69) is 57.1 Å². The number of rotatable bonds is 8. The molecule has 2 aromatic carbocycles. The number of methoxy groups -OCH3 is 4. The van der Waals surface area contributed by atoms with Crippen LogP contribution in [0.15, 0.2) is 24.3 Å². The maximum atomic E-state index is 13.0. The summed E-state index contributed by atoms with van der Waals surface area (Å²) in [7, 11) is 3.34. The molecule has 0 aromatic heterocycles. The van der Waals surface area contributed by atoms with Crippen LogP contribution in [0.4, 0.5) is 21.0 Å². The highest BCUT2D eigenvalue weighted by Gasteiger charge is 2.43. The van der Waals surface area contributed by atoms with Gasteiger partial charge in [-0.05, 0) is 52.0 Å². The molecule has 2 aromatic rings. The Bertz CT molecular complexity index is 2000. The number of esters is 2. The van der Waals surface area contributed by atoms with Gasteiger partial charge in [0.05, 0.1) is 50.9 Å². The number of anilines is 2. The van der Waals surface area contributed by atoms with Crippen LogP contribution in [0.25, 0.3) is 0 Å². The second kappa shape index (κ2) is 18.0. The molecule has 0 saturated heterocycles. The molecular weight excluding hydrogens is 745 g/mol. The van der Waals surface area contributed by atoms with E-state index in [-0.39, 0.29) is 49.1 Å². The summed E-state index contributed by atoms with van der Waals surface area (Å²) in [5, 5.41) is 5.06. The molecule has 2 heterocycles. The predicted octanol–water partition coefficient (Wildman–Crippen LogP) is 3.88.